The molecule has 1 N–H and O–H groups in total. The maximum Gasteiger partial charge on any atom is 0.257 e. The van der Waals surface area contributed by atoms with Crippen molar-refractivity contribution in [2.75, 3.05) is 0 Å². The van der Waals surface area contributed by atoms with Crippen molar-refractivity contribution in [3.05, 3.63) is 47.5 Å². The molecule has 3 rings (SSSR count). The van der Waals surface area contributed by atoms with E-state index in [-0.39, 0.29) is 6.61 Å². The molecule has 0 unspecified atom stereocenters. The lowest BCUT2D eigenvalue weighted by Crippen LogP contribution is -2.02. The van der Waals surface area contributed by atoms with Crippen molar-refractivity contribution in [1.82, 2.24) is 25.1 Å². The van der Waals surface area contributed by atoms with Gasteiger partial charge in [0, 0.05) is 5.56 Å². The Bertz CT molecular complexity index is 702. The molecule has 0 radical (unpaired) electrons. The highest BCUT2D eigenvalue weighted by Gasteiger charge is 2.10. The summed E-state index contributed by atoms with van der Waals surface area (Å²) in [4.78, 5) is 4.31. The summed E-state index contributed by atoms with van der Waals surface area (Å²) in [6.07, 6.45) is 1.64. The average molecular weight is 271 g/mol. The molecule has 0 aliphatic carbocycles. The normalized spacial score (nSPS) is 10.9. The molecule has 0 aliphatic heterocycles. The number of rotatable bonds is 4. The van der Waals surface area contributed by atoms with Gasteiger partial charge in [0.15, 0.2) is 5.82 Å². The highest BCUT2D eigenvalue weighted by molar-refractivity contribution is 5.53. The first kappa shape index (κ1) is 12.5. The summed E-state index contributed by atoms with van der Waals surface area (Å²) in [7, 11) is 0. The van der Waals surface area contributed by atoms with Crippen molar-refractivity contribution >= 4 is 0 Å². The summed E-state index contributed by atoms with van der Waals surface area (Å²) in [6.45, 7) is 2.23. The van der Waals surface area contributed by atoms with Gasteiger partial charge in [-0.1, -0.05) is 28.1 Å². The standard InChI is InChI=1S/C13H13N5O2/c1-9-2-4-10(5-3-9)13-14-12(16-20-13)7-18-6-11(8-19)15-17-18/h2-6,19H,7-8H2,1H3. The van der Waals surface area contributed by atoms with E-state index in [0.29, 0.717) is 24.0 Å². The summed E-state index contributed by atoms with van der Waals surface area (Å²) in [5.74, 6) is 0.984. The van der Waals surface area contributed by atoms with Gasteiger partial charge in [0.25, 0.3) is 5.89 Å². The first-order valence-corrected chi connectivity index (χ1v) is 6.14. The zero-order valence-corrected chi connectivity index (χ0v) is 10.9. The van der Waals surface area contributed by atoms with Crippen LogP contribution in [0.25, 0.3) is 11.5 Å². The van der Waals surface area contributed by atoms with E-state index in [2.05, 4.69) is 20.5 Å². The molecule has 0 spiro atoms. The Morgan fingerprint density at radius 2 is 2.05 bits per heavy atom. The van der Waals surface area contributed by atoms with Gasteiger partial charge in [-0.3, -0.25) is 0 Å². The van der Waals surface area contributed by atoms with Gasteiger partial charge in [-0.15, -0.1) is 5.10 Å². The summed E-state index contributed by atoms with van der Waals surface area (Å²) in [6, 6.07) is 7.85. The topological polar surface area (TPSA) is 89.9 Å². The van der Waals surface area contributed by atoms with Gasteiger partial charge in [-0.2, -0.15) is 4.98 Å². The molecular weight excluding hydrogens is 258 g/mol. The summed E-state index contributed by atoms with van der Waals surface area (Å²) in [5, 5.41) is 20.5. The molecule has 0 atom stereocenters. The molecule has 3 aromatic rings. The van der Waals surface area contributed by atoms with Crippen LogP contribution >= 0.6 is 0 Å². The second-order valence-corrected chi connectivity index (χ2v) is 4.45. The quantitative estimate of drug-likeness (QED) is 0.766. The molecule has 0 saturated heterocycles. The van der Waals surface area contributed by atoms with Crippen LogP contribution in [0.15, 0.2) is 35.0 Å². The van der Waals surface area contributed by atoms with Gasteiger partial charge in [-0.25, -0.2) is 4.68 Å². The monoisotopic (exact) mass is 271 g/mol. The van der Waals surface area contributed by atoms with Crippen molar-refractivity contribution in [2.45, 2.75) is 20.1 Å². The van der Waals surface area contributed by atoms with E-state index < -0.39 is 0 Å². The SMILES string of the molecule is Cc1ccc(-c2nc(Cn3cc(CO)nn3)no2)cc1. The number of aliphatic hydroxyl groups is 1. The van der Waals surface area contributed by atoms with Gasteiger partial charge in [0.05, 0.1) is 12.8 Å². The lowest BCUT2D eigenvalue weighted by Gasteiger charge is -1.94. The summed E-state index contributed by atoms with van der Waals surface area (Å²) >= 11 is 0. The van der Waals surface area contributed by atoms with Crippen LogP contribution in [0.1, 0.15) is 17.1 Å². The predicted molar refractivity (Wildman–Crippen MR) is 69.5 cm³/mol. The van der Waals surface area contributed by atoms with Crippen LogP contribution in [0.4, 0.5) is 0 Å². The van der Waals surface area contributed by atoms with Gasteiger partial charge in [0.1, 0.15) is 12.2 Å². The van der Waals surface area contributed by atoms with Crippen LogP contribution in [0.2, 0.25) is 0 Å². The number of aliphatic hydroxyl groups excluding tert-OH is 1. The Morgan fingerprint density at radius 3 is 2.75 bits per heavy atom. The molecule has 1 aromatic carbocycles. The minimum Gasteiger partial charge on any atom is -0.390 e. The molecule has 0 amide bonds. The molecule has 0 bridgehead atoms. The average Bonchev–Trinajstić information content (AvgIpc) is 3.09. The Balaban J connectivity index is 1.78. The fraction of sp³-hybridized carbons (Fsp3) is 0.231. The zero-order chi connectivity index (χ0) is 13.9. The lowest BCUT2D eigenvalue weighted by molar-refractivity contribution is 0.276. The Labute approximate surface area is 114 Å². The fourth-order valence-corrected chi connectivity index (χ4v) is 1.76. The van der Waals surface area contributed by atoms with E-state index in [9.17, 15) is 0 Å². The second kappa shape index (κ2) is 5.22. The maximum absolute atomic E-state index is 8.93. The molecule has 7 nitrogen and oxygen atoms in total. The van der Waals surface area contributed by atoms with E-state index in [4.69, 9.17) is 9.63 Å². The molecular formula is C13H13N5O2. The molecule has 0 saturated carbocycles. The van der Waals surface area contributed by atoms with E-state index in [0.717, 1.165) is 5.56 Å². The minimum atomic E-state index is -0.138. The van der Waals surface area contributed by atoms with E-state index in [1.165, 1.54) is 5.56 Å². The number of benzene rings is 1. The molecule has 2 aromatic heterocycles. The van der Waals surface area contributed by atoms with E-state index in [1.807, 2.05) is 31.2 Å². The Hall–Kier alpha value is -2.54. The van der Waals surface area contributed by atoms with Crippen LogP contribution in [0, 0.1) is 6.92 Å². The molecule has 0 aliphatic rings. The van der Waals surface area contributed by atoms with Crippen molar-refractivity contribution in [3.63, 3.8) is 0 Å². The largest absolute Gasteiger partial charge is 0.390 e. The van der Waals surface area contributed by atoms with Gasteiger partial charge in [0.2, 0.25) is 0 Å². The van der Waals surface area contributed by atoms with Gasteiger partial charge < -0.3 is 9.63 Å². The molecule has 20 heavy (non-hydrogen) atoms. The van der Waals surface area contributed by atoms with Crippen molar-refractivity contribution in [2.24, 2.45) is 0 Å². The first-order chi connectivity index (χ1) is 9.74. The maximum atomic E-state index is 8.93. The number of aromatic nitrogens is 5. The predicted octanol–water partition coefficient (Wildman–Crippen LogP) is 1.18. The molecule has 7 heteroatoms. The third-order valence-electron chi connectivity index (χ3n) is 2.82. The fourth-order valence-electron chi connectivity index (χ4n) is 1.76. The third-order valence-corrected chi connectivity index (χ3v) is 2.82. The molecule has 102 valence electrons. The number of nitrogens with zero attached hydrogens (tertiary/aromatic N) is 5. The van der Waals surface area contributed by atoms with Crippen molar-refractivity contribution in [3.8, 4) is 11.5 Å². The van der Waals surface area contributed by atoms with Crippen LogP contribution in [-0.4, -0.2) is 30.2 Å². The second-order valence-electron chi connectivity index (χ2n) is 4.45. The van der Waals surface area contributed by atoms with Crippen LogP contribution in [0.3, 0.4) is 0 Å². The minimum absolute atomic E-state index is 0.138. The van der Waals surface area contributed by atoms with Crippen molar-refractivity contribution in [1.29, 1.82) is 0 Å². The lowest BCUT2D eigenvalue weighted by atomic mass is 10.1. The van der Waals surface area contributed by atoms with Crippen molar-refractivity contribution < 1.29 is 9.63 Å². The van der Waals surface area contributed by atoms with E-state index >= 15 is 0 Å². The number of hydrogen-bond donors (Lipinski definition) is 1. The summed E-state index contributed by atoms with van der Waals surface area (Å²) < 4.78 is 6.77. The zero-order valence-electron chi connectivity index (χ0n) is 10.9. The van der Waals surface area contributed by atoms with Crippen LogP contribution in [0.5, 0.6) is 0 Å². The van der Waals surface area contributed by atoms with Crippen LogP contribution < -0.4 is 0 Å². The number of aryl methyl sites for hydroxylation is 1. The molecule has 2 heterocycles. The van der Waals surface area contributed by atoms with Gasteiger partial charge >= 0.3 is 0 Å². The smallest absolute Gasteiger partial charge is 0.257 e. The number of hydrogen-bond acceptors (Lipinski definition) is 6. The van der Waals surface area contributed by atoms with Crippen LogP contribution in [-0.2, 0) is 13.2 Å². The third kappa shape index (κ3) is 2.57. The summed E-state index contributed by atoms with van der Waals surface area (Å²) in [5.41, 5.74) is 2.56. The Kier molecular flexibility index (Phi) is 3.26. The highest BCUT2D eigenvalue weighted by atomic mass is 16.5. The van der Waals surface area contributed by atoms with Gasteiger partial charge in [-0.05, 0) is 19.1 Å². The van der Waals surface area contributed by atoms with E-state index in [1.54, 1.807) is 10.9 Å². The molecule has 0 fully saturated rings. The highest BCUT2D eigenvalue weighted by Crippen LogP contribution is 2.17. The Morgan fingerprint density at radius 1 is 1.25 bits per heavy atom. The first-order valence-electron chi connectivity index (χ1n) is 6.14.